The van der Waals surface area contributed by atoms with E-state index in [9.17, 15) is 14.6 Å². The van der Waals surface area contributed by atoms with Crippen molar-refractivity contribution in [2.75, 3.05) is 17.7 Å². The third-order valence-corrected chi connectivity index (χ3v) is 5.65. The summed E-state index contributed by atoms with van der Waals surface area (Å²) in [5, 5.41) is 21.1. The molecule has 1 saturated carbocycles. The third-order valence-electron chi connectivity index (χ3n) is 4.10. The highest BCUT2D eigenvalue weighted by Crippen LogP contribution is 2.44. The molecule has 0 amide bonds. The van der Waals surface area contributed by atoms with Crippen molar-refractivity contribution in [3.05, 3.63) is 6.33 Å². The molecule has 2 aromatic heterocycles. The smallest absolute Gasteiger partial charge is 0.224 e. The molecule has 10 heteroatoms. The summed E-state index contributed by atoms with van der Waals surface area (Å²) in [5.41, 5.74) is 6.72. The quantitative estimate of drug-likeness (QED) is 0.626. The SMILES string of the molecule is Nc1nc(NC2CC2)c2ncn([C@@H]3S[C@H](CO)[C@@H](O)[C@@H]3F)c2n1. The number of alkyl halides is 1. The molecule has 0 unspecified atom stereocenters. The molecule has 0 aromatic carbocycles. The molecule has 0 radical (unpaired) electrons. The van der Waals surface area contributed by atoms with E-state index < -0.39 is 22.9 Å². The number of hydrogen-bond acceptors (Lipinski definition) is 8. The van der Waals surface area contributed by atoms with Gasteiger partial charge in [-0.25, -0.2) is 9.37 Å². The second-order valence-electron chi connectivity index (χ2n) is 5.86. The highest BCUT2D eigenvalue weighted by atomic mass is 32.2. The maximum Gasteiger partial charge on any atom is 0.224 e. The van der Waals surface area contributed by atoms with Gasteiger partial charge in [0.15, 0.2) is 23.2 Å². The van der Waals surface area contributed by atoms with E-state index in [1.54, 1.807) is 4.57 Å². The van der Waals surface area contributed by atoms with E-state index in [-0.39, 0.29) is 12.6 Å². The van der Waals surface area contributed by atoms with Crippen LogP contribution in [0.4, 0.5) is 16.2 Å². The molecular weight excluding hydrogens is 323 g/mol. The predicted octanol–water partition coefficient (Wildman–Crippen LogP) is 0.288. The van der Waals surface area contributed by atoms with Crippen LogP contribution in [0.2, 0.25) is 0 Å². The molecule has 3 heterocycles. The van der Waals surface area contributed by atoms with Crippen molar-refractivity contribution in [3.63, 3.8) is 0 Å². The van der Waals surface area contributed by atoms with Crippen molar-refractivity contribution in [3.8, 4) is 0 Å². The molecule has 8 nitrogen and oxygen atoms in total. The number of rotatable bonds is 4. The lowest BCUT2D eigenvalue weighted by Crippen LogP contribution is -2.29. The Morgan fingerprint density at radius 3 is 2.87 bits per heavy atom. The van der Waals surface area contributed by atoms with Gasteiger partial charge in [-0.2, -0.15) is 9.97 Å². The van der Waals surface area contributed by atoms with Crippen LogP contribution in [-0.4, -0.2) is 59.9 Å². The van der Waals surface area contributed by atoms with Gasteiger partial charge in [-0.05, 0) is 12.8 Å². The molecule has 0 spiro atoms. The first-order valence-electron chi connectivity index (χ1n) is 7.43. The number of thioether (sulfide) groups is 1. The van der Waals surface area contributed by atoms with Crippen LogP contribution in [0, 0.1) is 0 Å². The average molecular weight is 340 g/mol. The van der Waals surface area contributed by atoms with Crippen LogP contribution in [0.3, 0.4) is 0 Å². The average Bonchev–Trinajstić information content (AvgIpc) is 3.17. The van der Waals surface area contributed by atoms with E-state index in [4.69, 9.17) is 5.73 Å². The van der Waals surface area contributed by atoms with Crippen LogP contribution in [0.25, 0.3) is 11.2 Å². The van der Waals surface area contributed by atoms with E-state index in [0.29, 0.717) is 23.0 Å². The Kier molecular flexibility index (Phi) is 3.54. The Hall–Kier alpha value is -1.65. The van der Waals surface area contributed by atoms with E-state index >= 15 is 0 Å². The van der Waals surface area contributed by atoms with Crippen LogP contribution < -0.4 is 11.1 Å². The standard InChI is InChI=1S/C13H17FN6O2S/c14-7-9(22)6(3-21)23-12(7)20-4-16-8-10(17-5-1-2-5)18-13(15)19-11(8)20/h4-7,9,12,21-22H,1-3H2,(H3,15,17,18,19)/t6-,7+,9-,12-/m1/s1. The Labute approximate surface area is 135 Å². The van der Waals surface area contributed by atoms with Gasteiger partial charge in [-0.1, -0.05) is 0 Å². The van der Waals surface area contributed by atoms with Gasteiger partial charge in [0.2, 0.25) is 5.95 Å². The first-order chi connectivity index (χ1) is 11.1. The minimum Gasteiger partial charge on any atom is -0.395 e. The maximum atomic E-state index is 14.4. The van der Waals surface area contributed by atoms with Crippen molar-refractivity contribution in [2.45, 2.75) is 41.8 Å². The van der Waals surface area contributed by atoms with E-state index in [1.807, 2.05) is 0 Å². The summed E-state index contributed by atoms with van der Waals surface area (Å²) >= 11 is 1.16. The number of nitrogen functional groups attached to an aromatic ring is 1. The fraction of sp³-hybridized carbons (Fsp3) is 0.615. The maximum absolute atomic E-state index is 14.4. The first kappa shape index (κ1) is 14.9. The van der Waals surface area contributed by atoms with Crippen LogP contribution in [-0.2, 0) is 0 Å². The van der Waals surface area contributed by atoms with Gasteiger partial charge in [0.1, 0.15) is 11.5 Å². The van der Waals surface area contributed by atoms with Crippen molar-refractivity contribution < 1.29 is 14.6 Å². The number of hydrogen-bond donors (Lipinski definition) is 4. The molecule has 1 aliphatic heterocycles. The normalized spacial score (nSPS) is 30.9. The number of imidazole rings is 1. The zero-order valence-corrected chi connectivity index (χ0v) is 12.9. The van der Waals surface area contributed by atoms with Gasteiger partial charge in [0.25, 0.3) is 0 Å². The summed E-state index contributed by atoms with van der Waals surface area (Å²) in [4.78, 5) is 12.6. The molecule has 2 aliphatic rings. The highest BCUT2D eigenvalue weighted by Gasteiger charge is 2.45. The monoisotopic (exact) mass is 340 g/mol. The molecule has 1 aliphatic carbocycles. The van der Waals surface area contributed by atoms with Crippen molar-refractivity contribution >= 4 is 34.7 Å². The van der Waals surface area contributed by atoms with E-state index in [1.165, 1.54) is 6.33 Å². The lowest BCUT2D eigenvalue weighted by atomic mass is 10.1. The molecule has 0 bridgehead atoms. The lowest BCUT2D eigenvalue weighted by molar-refractivity contribution is 0.0642. The summed E-state index contributed by atoms with van der Waals surface area (Å²) < 4.78 is 16.0. The molecule has 5 N–H and O–H groups in total. The number of aromatic nitrogens is 4. The second-order valence-corrected chi connectivity index (χ2v) is 7.22. The van der Waals surface area contributed by atoms with Crippen LogP contribution >= 0.6 is 11.8 Å². The Morgan fingerprint density at radius 1 is 1.43 bits per heavy atom. The lowest BCUT2D eigenvalue weighted by Gasteiger charge is -2.15. The van der Waals surface area contributed by atoms with Gasteiger partial charge in [-0.3, -0.25) is 4.57 Å². The Bertz CT molecular complexity index is 739. The van der Waals surface area contributed by atoms with Crippen LogP contribution in [0.15, 0.2) is 6.33 Å². The third kappa shape index (κ3) is 2.50. The second kappa shape index (κ2) is 5.46. The first-order valence-corrected chi connectivity index (χ1v) is 8.38. The number of halogens is 1. The summed E-state index contributed by atoms with van der Waals surface area (Å²) in [6.45, 7) is -0.291. The van der Waals surface area contributed by atoms with Crippen molar-refractivity contribution in [1.29, 1.82) is 0 Å². The minimum absolute atomic E-state index is 0.0834. The summed E-state index contributed by atoms with van der Waals surface area (Å²) in [7, 11) is 0. The number of fused-ring (bicyclic) bond motifs is 1. The zero-order valence-electron chi connectivity index (χ0n) is 12.1. The molecular formula is C13H17FN6O2S. The zero-order chi connectivity index (χ0) is 16.1. The van der Waals surface area contributed by atoms with Crippen LogP contribution in [0.5, 0.6) is 0 Å². The number of aliphatic hydroxyl groups is 2. The van der Waals surface area contributed by atoms with Crippen molar-refractivity contribution in [1.82, 2.24) is 19.5 Å². The molecule has 2 aromatic rings. The number of nitrogens with one attached hydrogen (secondary N) is 1. The number of nitrogens with two attached hydrogens (primary N) is 1. The molecule has 2 fully saturated rings. The summed E-state index contributed by atoms with van der Waals surface area (Å²) in [5.74, 6) is 0.631. The van der Waals surface area contributed by atoms with Gasteiger partial charge in [0.05, 0.1) is 18.2 Å². The minimum atomic E-state index is -1.52. The topological polar surface area (TPSA) is 122 Å². The fourth-order valence-corrected chi connectivity index (χ4v) is 4.07. The van der Waals surface area contributed by atoms with Gasteiger partial charge >= 0.3 is 0 Å². The largest absolute Gasteiger partial charge is 0.395 e. The van der Waals surface area contributed by atoms with E-state index in [0.717, 1.165) is 24.6 Å². The van der Waals surface area contributed by atoms with Gasteiger partial charge < -0.3 is 21.3 Å². The van der Waals surface area contributed by atoms with Crippen molar-refractivity contribution in [2.24, 2.45) is 0 Å². The van der Waals surface area contributed by atoms with E-state index in [2.05, 4.69) is 20.3 Å². The molecule has 4 rings (SSSR count). The Balaban J connectivity index is 1.74. The van der Waals surface area contributed by atoms with Crippen LogP contribution in [0.1, 0.15) is 18.2 Å². The predicted molar refractivity (Wildman–Crippen MR) is 84.8 cm³/mol. The van der Waals surface area contributed by atoms with Gasteiger partial charge in [0, 0.05) is 6.04 Å². The molecule has 124 valence electrons. The summed E-state index contributed by atoms with van der Waals surface area (Å²) in [6.07, 6.45) is 0.873. The highest BCUT2D eigenvalue weighted by molar-refractivity contribution is 8.00. The van der Waals surface area contributed by atoms with Gasteiger partial charge in [-0.15, -0.1) is 11.8 Å². The molecule has 4 atom stereocenters. The molecule has 23 heavy (non-hydrogen) atoms. The summed E-state index contributed by atoms with van der Waals surface area (Å²) in [6, 6.07) is 0.369. The number of aliphatic hydroxyl groups excluding tert-OH is 2. The number of anilines is 2. The number of nitrogens with zero attached hydrogens (tertiary/aromatic N) is 4. The Morgan fingerprint density at radius 2 is 2.22 bits per heavy atom. The fourth-order valence-electron chi connectivity index (χ4n) is 2.72. The molecule has 1 saturated heterocycles.